The minimum atomic E-state index is -1.17. The van der Waals surface area contributed by atoms with Crippen LogP contribution in [0.2, 0.25) is 0 Å². The lowest BCUT2D eigenvalue weighted by Crippen LogP contribution is -2.39. The predicted octanol–water partition coefficient (Wildman–Crippen LogP) is 1.65. The second kappa shape index (κ2) is 10.4. The molecule has 27 heavy (non-hydrogen) atoms. The molecule has 8 heteroatoms. The Bertz CT molecular complexity index is 835. The van der Waals surface area contributed by atoms with E-state index in [0.717, 1.165) is 44.9 Å². The molecule has 0 spiro atoms. The summed E-state index contributed by atoms with van der Waals surface area (Å²) in [5.41, 5.74) is 0.323. The summed E-state index contributed by atoms with van der Waals surface area (Å²) in [5, 5.41) is 17.5. The molecule has 2 aromatic heterocycles. The second-order valence-electron chi connectivity index (χ2n) is 7.28. The molecule has 0 aromatic carbocycles. The smallest absolute Gasteiger partial charge is 0.332 e. The fraction of sp³-hybridized carbons (Fsp3) is 0.737. The van der Waals surface area contributed by atoms with Crippen LogP contribution in [0.3, 0.4) is 0 Å². The van der Waals surface area contributed by atoms with Crippen molar-refractivity contribution in [3.8, 4) is 0 Å². The third-order valence-electron chi connectivity index (χ3n) is 5.05. The van der Waals surface area contributed by atoms with Gasteiger partial charge in [0.05, 0.1) is 6.33 Å². The van der Waals surface area contributed by atoms with Crippen molar-refractivity contribution in [2.45, 2.75) is 77.0 Å². The maximum absolute atomic E-state index is 12.6. The number of aliphatic hydroxyl groups excluding tert-OH is 1. The van der Waals surface area contributed by atoms with E-state index < -0.39 is 6.29 Å². The van der Waals surface area contributed by atoms with Crippen molar-refractivity contribution in [2.24, 2.45) is 14.1 Å². The first-order valence-electron chi connectivity index (χ1n) is 9.90. The number of imidazole rings is 1. The van der Waals surface area contributed by atoms with Crippen LogP contribution in [-0.4, -0.2) is 35.2 Å². The van der Waals surface area contributed by atoms with Gasteiger partial charge in [0.15, 0.2) is 17.5 Å². The molecule has 2 N–H and O–H groups in total. The van der Waals surface area contributed by atoms with Crippen LogP contribution in [-0.2, 0) is 20.6 Å². The first-order valence-corrected chi connectivity index (χ1v) is 9.90. The topological polar surface area (TPSA) is 102 Å². The second-order valence-corrected chi connectivity index (χ2v) is 7.28. The van der Waals surface area contributed by atoms with Crippen LogP contribution in [0.25, 0.3) is 11.2 Å². The highest BCUT2D eigenvalue weighted by Gasteiger charge is 2.14. The molecule has 2 rings (SSSR count). The zero-order valence-corrected chi connectivity index (χ0v) is 16.4. The van der Waals surface area contributed by atoms with Crippen molar-refractivity contribution in [1.82, 2.24) is 18.7 Å². The first kappa shape index (κ1) is 21.4. The van der Waals surface area contributed by atoms with E-state index in [9.17, 15) is 9.59 Å². The number of aryl methyl sites for hydroxylation is 2. The fourth-order valence-electron chi connectivity index (χ4n) is 3.43. The van der Waals surface area contributed by atoms with Gasteiger partial charge >= 0.3 is 5.69 Å². The SMILES string of the molecule is Cn1cnc2c1c(=O)n(CCCCCCCCCCCC(O)O)c(=O)n2C. The molecule has 152 valence electrons. The van der Waals surface area contributed by atoms with Crippen molar-refractivity contribution < 1.29 is 10.2 Å². The summed E-state index contributed by atoms with van der Waals surface area (Å²) in [6.07, 6.45) is 10.3. The van der Waals surface area contributed by atoms with Crippen molar-refractivity contribution in [1.29, 1.82) is 0 Å². The van der Waals surface area contributed by atoms with Crippen molar-refractivity contribution in [2.75, 3.05) is 0 Å². The predicted molar refractivity (Wildman–Crippen MR) is 105 cm³/mol. The zero-order valence-electron chi connectivity index (χ0n) is 16.4. The van der Waals surface area contributed by atoms with Gasteiger partial charge in [0.2, 0.25) is 0 Å². The molecule has 0 amide bonds. The third-order valence-corrected chi connectivity index (χ3v) is 5.05. The standard InChI is InChI=1S/C19H32N4O4/c1-21-14-20-17-16(21)18(26)23(19(27)22(17)2)13-11-9-7-5-3-4-6-8-10-12-15(24)25/h14-15,24-25H,3-13H2,1-2H3. The van der Waals surface area contributed by atoms with Crippen LogP contribution >= 0.6 is 0 Å². The molecule has 0 atom stereocenters. The average Bonchev–Trinajstić information content (AvgIpc) is 3.02. The third kappa shape index (κ3) is 5.77. The van der Waals surface area contributed by atoms with Crippen LogP contribution in [0, 0.1) is 0 Å². The molecular formula is C19H32N4O4. The van der Waals surface area contributed by atoms with Gasteiger partial charge in [-0.25, -0.2) is 9.78 Å². The lowest BCUT2D eigenvalue weighted by Gasteiger charge is -2.08. The Morgan fingerprint density at radius 2 is 1.48 bits per heavy atom. The Morgan fingerprint density at radius 3 is 2.07 bits per heavy atom. The Kier molecular flexibility index (Phi) is 8.24. The van der Waals surface area contributed by atoms with E-state index >= 15 is 0 Å². The van der Waals surface area contributed by atoms with Gasteiger partial charge < -0.3 is 14.8 Å². The van der Waals surface area contributed by atoms with E-state index in [4.69, 9.17) is 10.2 Å². The normalized spacial score (nSPS) is 11.7. The van der Waals surface area contributed by atoms with Crippen molar-refractivity contribution in [3.63, 3.8) is 0 Å². The molecule has 0 radical (unpaired) electrons. The number of rotatable bonds is 12. The Hall–Kier alpha value is -1.93. The number of fused-ring (bicyclic) bond motifs is 1. The number of aliphatic hydroxyl groups is 2. The zero-order chi connectivity index (χ0) is 19.8. The van der Waals surface area contributed by atoms with Gasteiger partial charge in [-0.2, -0.15) is 0 Å². The number of hydrogen-bond acceptors (Lipinski definition) is 5. The summed E-state index contributed by atoms with van der Waals surface area (Å²) in [7, 11) is 3.41. The molecule has 0 saturated heterocycles. The highest BCUT2D eigenvalue weighted by Crippen LogP contribution is 2.11. The molecule has 0 bridgehead atoms. The summed E-state index contributed by atoms with van der Waals surface area (Å²) in [6.45, 7) is 0.441. The maximum atomic E-state index is 12.6. The van der Waals surface area contributed by atoms with Crippen LogP contribution < -0.4 is 11.2 Å². The van der Waals surface area contributed by atoms with Crippen LogP contribution in [0.15, 0.2) is 15.9 Å². The molecule has 0 aliphatic heterocycles. The highest BCUT2D eigenvalue weighted by molar-refractivity contribution is 5.69. The van der Waals surface area contributed by atoms with Gasteiger partial charge in [0.1, 0.15) is 0 Å². The van der Waals surface area contributed by atoms with E-state index in [2.05, 4.69) is 4.98 Å². The summed E-state index contributed by atoms with van der Waals surface area (Å²) < 4.78 is 4.42. The van der Waals surface area contributed by atoms with Crippen LogP contribution in [0.5, 0.6) is 0 Å². The van der Waals surface area contributed by atoms with E-state index in [1.54, 1.807) is 25.0 Å². The van der Waals surface area contributed by atoms with Gasteiger partial charge in [0.25, 0.3) is 5.56 Å². The summed E-state index contributed by atoms with van der Waals surface area (Å²) in [4.78, 5) is 29.1. The van der Waals surface area contributed by atoms with Crippen LogP contribution in [0.1, 0.15) is 64.2 Å². The lowest BCUT2D eigenvalue weighted by molar-refractivity contribution is -0.0466. The minimum absolute atomic E-state index is 0.263. The maximum Gasteiger partial charge on any atom is 0.332 e. The Morgan fingerprint density at radius 1 is 0.926 bits per heavy atom. The fourth-order valence-corrected chi connectivity index (χ4v) is 3.43. The molecule has 0 unspecified atom stereocenters. The number of unbranched alkanes of at least 4 members (excludes halogenated alkanes) is 8. The van der Waals surface area contributed by atoms with E-state index in [0.29, 0.717) is 24.1 Å². The molecule has 0 aliphatic rings. The van der Waals surface area contributed by atoms with E-state index in [-0.39, 0.29) is 11.2 Å². The molecule has 2 heterocycles. The summed E-state index contributed by atoms with van der Waals surface area (Å²) in [6, 6.07) is 0. The van der Waals surface area contributed by atoms with E-state index in [1.807, 2.05) is 0 Å². The lowest BCUT2D eigenvalue weighted by atomic mass is 10.1. The van der Waals surface area contributed by atoms with Gasteiger partial charge in [-0.15, -0.1) is 0 Å². The van der Waals surface area contributed by atoms with Crippen LogP contribution in [0.4, 0.5) is 0 Å². The molecule has 2 aromatic rings. The molecule has 0 fully saturated rings. The van der Waals surface area contributed by atoms with Crippen molar-refractivity contribution >= 4 is 11.2 Å². The summed E-state index contributed by atoms with van der Waals surface area (Å²) >= 11 is 0. The Balaban J connectivity index is 1.70. The number of aromatic nitrogens is 4. The molecule has 8 nitrogen and oxygen atoms in total. The molecule has 0 aliphatic carbocycles. The molecular weight excluding hydrogens is 348 g/mol. The monoisotopic (exact) mass is 380 g/mol. The molecule has 0 saturated carbocycles. The average molecular weight is 380 g/mol. The van der Waals surface area contributed by atoms with Crippen molar-refractivity contribution in [3.05, 3.63) is 27.2 Å². The summed E-state index contributed by atoms with van der Waals surface area (Å²) in [5.74, 6) is 0. The van der Waals surface area contributed by atoms with Gasteiger partial charge in [-0.1, -0.05) is 44.9 Å². The number of hydrogen-bond donors (Lipinski definition) is 2. The number of nitrogens with zero attached hydrogens (tertiary/aromatic N) is 4. The van der Waals surface area contributed by atoms with E-state index in [1.165, 1.54) is 22.0 Å². The Labute approximate surface area is 159 Å². The van der Waals surface area contributed by atoms with Gasteiger partial charge in [-0.05, 0) is 19.3 Å². The van der Waals surface area contributed by atoms with Gasteiger partial charge in [-0.3, -0.25) is 13.9 Å². The first-order chi connectivity index (χ1) is 12.9. The highest BCUT2D eigenvalue weighted by atomic mass is 16.5. The largest absolute Gasteiger partial charge is 0.368 e. The quantitative estimate of drug-likeness (QED) is 0.430. The van der Waals surface area contributed by atoms with Gasteiger partial charge in [0, 0.05) is 20.6 Å². The minimum Gasteiger partial charge on any atom is -0.368 e.